The smallest absolute Gasteiger partial charge is 0.253 e. The van der Waals surface area contributed by atoms with E-state index in [4.69, 9.17) is 11.6 Å². The first-order valence-corrected chi connectivity index (χ1v) is 8.70. The summed E-state index contributed by atoms with van der Waals surface area (Å²) in [5.74, 6) is 0.194. The van der Waals surface area contributed by atoms with Crippen LogP contribution in [0, 0.1) is 0 Å². The Morgan fingerprint density at radius 1 is 1.32 bits per heavy atom. The van der Waals surface area contributed by atoms with Gasteiger partial charge in [0.2, 0.25) is 0 Å². The minimum Gasteiger partial charge on any atom is -0.351 e. The first kappa shape index (κ1) is 16.9. The Morgan fingerprint density at radius 2 is 2.05 bits per heavy atom. The van der Waals surface area contributed by atoms with Gasteiger partial charge < -0.3 is 5.32 Å². The van der Waals surface area contributed by atoms with Crippen LogP contribution in [0.3, 0.4) is 0 Å². The van der Waals surface area contributed by atoms with Gasteiger partial charge in [0.05, 0.1) is 16.1 Å². The Morgan fingerprint density at radius 3 is 2.73 bits per heavy atom. The minimum atomic E-state index is -0.992. The maximum absolute atomic E-state index is 12.3. The molecule has 0 aliphatic rings. The van der Waals surface area contributed by atoms with E-state index < -0.39 is 10.8 Å². The molecule has 0 saturated heterocycles. The number of nitrogens with one attached hydrogen (secondary N) is 1. The average Bonchev–Trinajstić information content (AvgIpc) is 2.46. The van der Waals surface area contributed by atoms with E-state index in [1.165, 1.54) is 0 Å². The number of fused-ring (bicyclic) bond motifs is 1. The Balaban J connectivity index is 2.11. The lowest BCUT2D eigenvalue weighted by atomic mass is 10.1. The van der Waals surface area contributed by atoms with Crippen molar-refractivity contribution in [2.45, 2.75) is 25.5 Å². The average molecular weight is 339 g/mol. The zero-order valence-corrected chi connectivity index (χ0v) is 14.4. The van der Waals surface area contributed by atoms with Crippen molar-refractivity contribution >= 4 is 39.2 Å². The van der Waals surface area contributed by atoms with Crippen molar-refractivity contribution in [1.82, 2.24) is 10.3 Å². The molecular formula is C16H19ClN2O2S. The fourth-order valence-corrected chi connectivity index (χ4v) is 3.10. The molecule has 0 aliphatic heterocycles. The van der Waals surface area contributed by atoms with Gasteiger partial charge in [-0.3, -0.25) is 14.0 Å². The van der Waals surface area contributed by atoms with E-state index >= 15 is 0 Å². The summed E-state index contributed by atoms with van der Waals surface area (Å²) >= 11 is 6.12. The number of amides is 1. The number of carbonyl (C=O) groups is 1. The molecule has 1 amide bonds. The van der Waals surface area contributed by atoms with E-state index in [0.29, 0.717) is 28.4 Å². The molecule has 1 aromatic heterocycles. The predicted molar refractivity (Wildman–Crippen MR) is 91.8 cm³/mol. The van der Waals surface area contributed by atoms with E-state index in [1.54, 1.807) is 24.4 Å². The molecule has 118 valence electrons. The van der Waals surface area contributed by atoms with Crippen LogP contribution >= 0.6 is 11.6 Å². The molecule has 1 N–H and O–H groups in total. The van der Waals surface area contributed by atoms with Crippen LogP contribution in [-0.2, 0) is 10.8 Å². The third-order valence-electron chi connectivity index (χ3n) is 3.22. The Hall–Kier alpha value is -1.46. The molecule has 1 heterocycles. The summed E-state index contributed by atoms with van der Waals surface area (Å²) in [6.45, 7) is 6.12. The predicted octanol–water partition coefficient (Wildman–Crippen LogP) is 3.17. The van der Waals surface area contributed by atoms with Crippen molar-refractivity contribution < 1.29 is 9.00 Å². The van der Waals surface area contributed by atoms with Crippen LogP contribution in [0.2, 0.25) is 5.02 Å². The lowest BCUT2D eigenvalue weighted by Crippen LogP contribution is -2.32. The highest BCUT2D eigenvalue weighted by Gasteiger charge is 2.19. The largest absolute Gasteiger partial charge is 0.351 e. The highest BCUT2D eigenvalue weighted by Crippen LogP contribution is 2.24. The lowest BCUT2D eigenvalue weighted by Gasteiger charge is -2.17. The summed E-state index contributed by atoms with van der Waals surface area (Å²) < 4.78 is 11.7. The SMILES string of the molecule is CC(C)(C)S(=O)CCNC(=O)c1ccc(Cl)c2cccnc12. The topological polar surface area (TPSA) is 59.1 Å². The molecule has 0 aliphatic carbocycles. The third-order valence-corrected chi connectivity index (χ3v) is 5.49. The van der Waals surface area contributed by atoms with Gasteiger partial charge in [0.15, 0.2) is 0 Å². The molecule has 1 unspecified atom stereocenters. The highest BCUT2D eigenvalue weighted by atomic mass is 35.5. The number of pyridine rings is 1. The molecule has 6 heteroatoms. The second-order valence-corrected chi connectivity index (χ2v) is 8.64. The number of halogens is 1. The second-order valence-electron chi connectivity index (χ2n) is 5.91. The van der Waals surface area contributed by atoms with Crippen LogP contribution in [0.1, 0.15) is 31.1 Å². The van der Waals surface area contributed by atoms with Crippen LogP contribution in [0.15, 0.2) is 30.5 Å². The molecular weight excluding hydrogens is 320 g/mol. The second kappa shape index (κ2) is 6.75. The Kier molecular flexibility index (Phi) is 5.19. The van der Waals surface area contributed by atoms with Gasteiger partial charge >= 0.3 is 0 Å². The van der Waals surface area contributed by atoms with Gasteiger partial charge in [0, 0.05) is 39.4 Å². The molecule has 2 rings (SSSR count). The Bertz CT molecular complexity index is 726. The molecule has 2 aromatic rings. The maximum Gasteiger partial charge on any atom is 0.253 e. The van der Waals surface area contributed by atoms with Gasteiger partial charge in [-0.2, -0.15) is 0 Å². The molecule has 0 fully saturated rings. The molecule has 4 nitrogen and oxygen atoms in total. The molecule has 0 spiro atoms. The number of rotatable bonds is 4. The van der Waals surface area contributed by atoms with E-state index in [1.807, 2.05) is 26.8 Å². The molecule has 0 bridgehead atoms. The van der Waals surface area contributed by atoms with Crippen molar-refractivity contribution in [2.24, 2.45) is 0 Å². The number of benzene rings is 1. The molecule has 1 aromatic carbocycles. The van der Waals surface area contributed by atoms with Crippen molar-refractivity contribution in [2.75, 3.05) is 12.3 Å². The van der Waals surface area contributed by atoms with Crippen LogP contribution in [0.4, 0.5) is 0 Å². The van der Waals surface area contributed by atoms with E-state index in [9.17, 15) is 9.00 Å². The molecule has 1 atom stereocenters. The first-order valence-electron chi connectivity index (χ1n) is 7.00. The summed E-state index contributed by atoms with van der Waals surface area (Å²) in [5, 5.41) is 4.11. The number of carbonyl (C=O) groups excluding carboxylic acids is 1. The van der Waals surface area contributed by atoms with Gasteiger partial charge in [-0.1, -0.05) is 11.6 Å². The normalized spacial score (nSPS) is 13.1. The fraction of sp³-hybridized carbons (Fsp3) is 0.375. The Labute approximate surface area is 137 Å². The van der Waals surface area contributed by atoms with Crippen molar-refractivity contribution in [3.8, 4) is 0 Å². The number of hydrogen-bond acceptors (Lipinski definition) is 3. The third kappa shape index (κ3) is 3.84. The monoisotopic (exact) mass is 338 g/mol. The lowest BCUT2D eigenvalue weighted by molar-refractivity contribution is 0.0957. The zero-order valence-electron chi connectivity index (χ0n) is 12.9. The van der Waals surface area contributed by atoms with Crippen molar-refractivity contribution in [1.29, 1.82) is 0 Å². The van der Waals surface area contributed by atoms with Gasteiger partial charge in [-0.05, 0) is 45.0 Å². The van der Waals surface area contributed by atoms with Crippen molar-refractivity contribution in [3.63, 3.8) is 0 Å². The minimum absolute atomic E-state index is 0.230. The first-order chi connectivity index (χ1) is 10.3. The summed E-state index contributed by atoms with van der Waals surface area (Å²) in [5.41, 5.74) is 1.05. The maximum atomic E-state index is 12.3. The number of aromatic nitrogens is 1. The van der Waals surface area contributed by atoms with E-state index in [2.05, 4.69) is 10.3 Å². The van der Waals surface area contributed by atoms with Crippen molar-refractivity contribution in [3.05, 3.63) is 41.0 Å². The summed E-state index contributed by atoms with van der Waals surface area (Å²) in [4.78, 5) is 16.5. The summed E-state index contributed by atoms with van der Waals surface area (Å²) in [7, 11) is -0.992. The van der Waals surface area contributed by atoms with Crippen LogP contribution in [0.25, 0.3) is 10.9 Å². The number of hydrogen-bond donors (Lipinski definition) is 1. The van der Waals surface area contributed by atoms with Gasteiger partial charge in [-0.25, -0.2) is 0 Å². The number of nitrogens with zero attached hydrogens (tertiary/aromatic N) is 1. The molecule has 22 heavy (non-hydrogen) atoms. The highest BCUT2D eigenvalue weighted by molar-refractivity contribution is 7.86. The van der Waals surface area contributed by atoms with E-state index in [-0.39, 0.29) is 10.7 Å². The zero-order chi connectivity index (χ0) is 16.3. The van der Waals surface area contributed by atoms with Gasteiger partial charge in [0.1, 0.15) is 0 Å². The van der Waals surface area contributed by atoms with Gasteiger partial charge in [-0.15, -0.1) is 0 Å². The molecule has 0 radical (unpaired) electrons. The fourth-order valence-electron chi connectivity index (χ4n) is 1.98. The standard InChI is InChI=1S/C16H19ClN2O2S/c1-16(2,3)22(21)10-9-19-15(20)12-6-7-13(17)11-5-4-8-18-14(11)12/h4-8H,9-10H2,1-3H3,(H,19,20). The van der Waals surface area contributed by atoms with Crippen LogP contribution in [-0.4, -0.2) is 32.1 Å². The van der Waals surface area contributed by atoms with E-state index in [0.717, 1.165) is 5.39 Å². The van der Waals surface area contributed by atoms with Gasteiger partial charge in [0.25, 0.3) is 5.91 Å². The van der Waals surface area contributed by atoms with Crippen LogP contribution in [0.5, 0.6) is 0 Å². The summed E-state index contributed by atoms with van der Waals surface area (Å²) in [6.07, 6.45) is 1.63. The summed E-state index contributed by atoms with van der Waals surface area (Å²) in [6, 6.07) is 6.96. The van der Waals surface area contributed by atoms with Crippen LogP contribution < -0.4 is 5.32 Å². The molecule has 0 saturated carbocycles. The quantitative estimate of drug-likeness (QED) is 0.931.